The highest BCUT2D eigenvalue weighted by molar-refractivity contribution is 6.04. The Hall–Kier alpha value is -1.77. The van der Waals surface area contributed by atoms with Crippen molar-refractivity contribution < 1.29 is 9.53 Å². The van der Waals surface area contributed by atoms with Crippen LogP contribution in [-0.4, -0.2) is 31.9 Å². The lowest BCUT2D eigenvalue weighted by molar-refractivity contribution is 0.104. The molecule has 0 heterocycles. The van der Waals surface area contributed by atoms with Gasteiger partial charge in [-0.15, -0.1) is 0 Å². The molecule has 0 amide bonds. The van der Waals surface area contributed by atoms with Crippen LogP contribution in [0.25, 0.3) is 0 Å². The zero-order valence-electron chi connectivity index (χ0n) is 10.2. The Labute approximate surface area is 96.3 Å². The van der Waals surface area contributed by atoms with Crippen molar-refractivity contribution in [2.45, 2.75) is 6.92 Å². The third-order valence-electron chi connectivity index (χ3n) is 2.20. The molecule has 0 aliphatic heterocycles. The van der Waals surface area contributed by atoms with Gasteiger partial charge in [0.2, 0.25) is 0 Å². The van der Waals surface area contributed by atoms with Crippen molar-refractivity contribution in [2.75, 3.05) is 21.2 Å². The number of carbonyl (C=O) groups excluding carboxylic acids is 1. The number of ketones is 1. The summed E-state index contributed by atoms with van der Waals surface area (Å²) in [5.74, 6) is 0.799. The number of ether oxygens (including phenoxy) is 1. The highest BCUT2D eigenvalue weighted by Gasteiger charge is 2.04. The SMILES string of the molecule is COc1ccc(C(=O)C=CN(C)C)cc1C. The molecular weight excluding hydrogens is 202 g/mol. The summed E-state index contributed by atoms with van der Waals surface area (Å²) in [6, 6.07) is 5.42. The number of nitrogens with zero attached hydrogens (tertiary/aromatic N) is 1. The smallest absolute Gasteiger partial charge is 0.187 e. The molecule has 0 saturated heterocycles. The van der Waals surface area contributed by atoms with Crippen molar-refractivity contribution in [1.82, 2.24) is 4.90 Å². The summed E-state index contributed by atoms with van der Waals surface area (Å²) in [6.45, 7) is 1.92. The molecular formula is C13H17NO2. The van der Waals surface area contributed by atoms with E-state index in [1.807, 2.05) is 38.1 Å². The van der Waals surface area contributed by atoms with Crippen molar-refractivity contribution >= 4 is 5.78 Å². The first kappa shape index (κ1) is 12.3. The molecule has 0 spiro atoms. The fourth-order valence-corrected chi connectivity index (χ4v) is 1.34. The van der Waals surface area contributed by atoms with Gasteiger partial charge in [0, 0.05) is 31.9 Å². The third kappa shape index (κ3) is 3.12. The zero-order chi connectivity index (χ0) is 12.1. The molecule has 0 aliphatic carbocycles. The topological polar surface area (TPSA) is 29.5 Å². The number of aryl methyl sites for hydroxylation is 1. The van der Waals surface area contributed by atoms with Crippen LogP contribution in [0.1, 0.15) is 15.9 Å². The first-order chi connectivity index (χ1) is 7.54. The maximum atomic E-state index is 11.7. The van der Waals surface area contributed by atoms with Crippen LogP contribution in [0.2, 0.25) is 0 Å². The second-order valence-electron chi connectivity index (χ2n) is 3.83. The fraction of sp³-hybridized carbons (Fsp3) is 0.308. The van der Waals surface area contributed by atoms with E-state index in [0.717, 1.165) is 11.3 Å². The molecule has 0 atom stereocenters. The number of hydrogen-bond donors (Lipinski definition) is 0. The van der Waals surface area contributed by atoms with E-state index in [-0.39, 0.29) is 5.78 Å². The highest BCUT2D eigenvalue weighted by atomic mass is 16.5. The molecule has 3 nitrogen and oxygen atoms in total. The molecule has 0 saturated carbocycles. The Morgan fingerprint density at radius 3 is 2.56 bits per heavy atom. The molecule has 0 fully saturated rings. The van der Waals surface area contributed by atoms with Crippen molar-refractivity contribution in [3.05, 3.63) is 41.6 Å². The normalized spacial score (nSPS) is 10.5. The van der Waals surface area contributed by atoms with Crippen LogP contribution in [-0.2, 0) is 0 Å². The average Bonchev–Trinajstić information content (AvgIpc) is 2.25. The second-order valence-corrected chi connectivity index (χ2v) is 3.83. The van der Waals surface area contributed by atoms with E-state index in [1.54, 1.807) is 25.5 Å². The number of benzene rings is 1. The number of allylic oxidation sites excluding steroid dienone is 1. The molecule has 0 N–H and O–H groups in total. The molecule has 3 heteroatoms. The summed E-state index contributed by atoms with van der Waals surface area (Å²) in [7, 11) is 5.38. The Bertz CT molecular complexity index is 408. The first-order valence-corrected chi connectivity index (χ1v) is 5.08. The number of methoxy groups -OCH3 is 1. The van der Waals surface area contributed by atoms with Crippen molar-refractivity contribution in [1.29, 1.82) is 0 Å². The molecule has 0 aromatic heterocycles. The van der Waals surface area contributed by atoms with Gasteiger partial charge >= 0.3 is 0 Å². The summed E-state index contributed by atoms with van der Waals surface area (Å²) in [4.78, 5) is 13.6. The zero-order valence-corrected chi connectivity index (χ0v) is 10.2. The number of carbonyl (C=O) groups is 1. The van der Waals surface area contributed by atoms with Crippen LogP contribution < -0.4 is 4.74 Å². The second kappa shape index (κ2) is 5.35. The van der Waals surface area contributed by atoms with E-state index in [9.17, 15) is 4.79 Å². The maximum Gasteiger partial charge on any atom is 0.187 e. The molecule has 1 aromatic rings. The monoisotopic (exact) mass is 219 g/mol. The summed E-state index contributed by atoms with van der Waals surface area (Å²) in [5, 5.41) is 0. The van der Waals surface area contributed by atoms with Crippen molar-refractivity contribution in [3.63, 3.8) is 0 Å². The van der Waals surface area contributed by atoms with Gasteiger partial charge in [-0.3, -0.25) is 4.79 Å². The van der Waals surface area contributed by atoms with Gasteiger partial charge in [-0.25, -0.2) is 0 Å². The standard InChI is InChI=1S/C13H17NO2/c1-10-9-11(5-6-13(10)16-4)12(15)7-8-14(2)3/h5-9H,1-4H3. The summed E-state index contributed by atoms with van der Waals surface area (Å²) >= 11 is 0. The van der Waals surface area contributed by atoms with Crippen LogP contribution in [0, 0.1) is 6.92 Å². The largest absolute Gasteiger partial charge is 0.496 e. The Morgan fingerprint density at radius 2 is 2.06 bits per heavy atom. The van der Waals surface area contributed by atoms with Gasteiger partial charge in [-0.2, -0.15) is 0 Å². The van der Waals surface area contributed by atoms with Gasteiger partial charge in [0.25, 0.3) is 0 Å². The van der Waals surface area contributed by atoms with E-state index in [4.69, 9.17) is 4.74 Å². The van der Waals surface area contributed by atoms with Gasteiger partial charge in [-0.05, 0) is 30.7 Å². The fourth-order valence-electron chi connectivity index (χ4n) is 1.34. The minimum Gasteiger partial charge on any atom is -0.496 e. The number of rotatable bonds is 4. The van der Waals surface area contributed by atoms with E-state index in [0.29, 0.717) is 5.56 Å². The van der Waals surface area contributed by atoms with Gasteiger partial charge < -0.3 is 9.64 Å². The highest BCUT2D eigenvalue weighted by Crippen LogP contribution is 2.18. The lowest BCUT2D eigenvalue weighted by Gasteiger charge is -2.06. The Morgan fingerprint density at radius 1 is 1.38 bits per heavy atom. The van der Waals surface area contributed by atoms with Crippen LogP contribution >= 0.6 is 0 Å². The van der Waals surface area contributed by atoms with Gasteiger partial charge in [0.1, 0.15) is 5.75 Å². The Kier molecular flexibility index (Phi) is 4.11. The van der Waals surface area contributed by atoms with Crippen molar-refractivity contribution in [2.24, 2.45) is 0 Å². The summed E-state index contributed by atoms with van der Waals surface area (Å²) in [5.41, 5.74) is 1.64. The van der Waals surface area contributed by atoms with E-state index in [2.05, 4.69) is 0 Å². The molecule has 0 radical (unpaired) electrons. The molecule has 86 valence electrons. The molecule has 0 bridgehead atoms. The quantitative estimate of drug-likeness (QED) is 0.574. The maximum absolute atomic E-state index is 11.7. The lowest BCUT2D eigenvalue weighted by Crippen LogP contribution is -2.03. The van der Waals surface area contributed by atoms with E-state index in [1.165, 1.54) is 0 Å². The third-order valence-corrected chi connectivity index (χ3v) is 2.20. The van der Waals surface area contributed by atoms with Gasteiger partial charge in [-0.1, -0.05) is 0 Å². The minimum absolute atomic E-state index is 0.000506. The minimum atomic E-state index is -0.000506. The van der Waals surface area contributed by atoms with E-state index < -0.39 is 0 Å². The summed E-state index contributed by atoms with van der Waals surface area (Å²) < 4.78 is 5.14. The number of hydrogen-bond acceptors (Lipinski definition) is 3. The molecule has 0 aliphatic rings. The van der Waals surface area contributed by atoms with Crippen LogP contribution in [0.4, 0.5) is 0 Å². The molecule has 0 unspecified atom stereocenters. The average molecular weight is 219 g/mol. The van der Waals surface area contributed by atoms with E-state index >= 15 is 0 Å². The van der Waals surface area contributed by atoms with Crippen LogP contribution in [0.15, 0.2) is 30.5 Å². The van der Waals surface area contributed by atoms with Gasteiger partial charge in [0.15, 0.2) is 5.78 Å². The predicted octanol–water partition coefficient (Wildman–Crippen LogP) is 2.26. The molecule has 16 heavy (non-hydrogen) atoms. The Balaban J connectivity index is 2.89. The van der Waals surface area contributed by atoms with Gasteiger partial charge in [0.05, 0.1) is 7.11 Å². The lowest BCUT2D eigenvalue weighted by atomic mass is 10.1. The summed E-state index contributed by atoms with van der Waals surface area (Å²) in [6.07, 6.45) is 3.29. The van der Waals surface area contributed by atoms with Crippen LogP contribution in [0.3, 0.4) is 0 Å². The molecule has 1 aromatic carbocycles. The van der Waals surface area contributed by atoms with Crippen LogP contribution in [0.5, 0.6) is 5.75 Å². The molecule has 1 rings (SSSR count). The first-order valence-electron chi connectivity index (χ1n) is 5.08. The predicted molar refractivity (Wildman–Crippen MR) is 64.9 cm³/mol. The van der Waals surface area contributed by atoms with Crippen molar-refractivity contribution in [3.8, 4) is 5.75 Å².